The van der Waals surface area contributed by atoms with E-state index in [1.165, 1.54) is 24.3 Å². The van der Waals surface area contributed by atoms with Gasteiger partial charge in [-0.1, -0.05) is 24.3 Å². The first-order valence-corrected chi connectivity index (χ1v) is 11.5. The van der Waals surface area contributed by atoms with Crippen LogP contribution in [0.1, 0.15) is 43.2 Å². The van der Waals surface area contributed by atoms with Crippen molar-refractivity contribution in [3.8, 4) is 0 Å². The van der Waals surface area contributed by atoms with Crippen LogP contribution < -0.4 is 4.90 Å². The van der Waals surface area contributed by atoms with Gasteiger partial charge in [-0.2, -0.15) is 0 Å². The van der Waals surface area contributed by atoms with E-state index >= 15 is 0 Å². The average Bonchev–Trinajstić information content (AvgIpc) is 3.03. The number of rotatable bonds is 5. The molecule has 0 aliphatic rings. The molecule has 4 aromatic rings. The van der Waals surface area contributed by atoms with Crippen LogP contribution in [-0.2, 0) is 17.8 Å². The molecule has 0 radical (unpaired) electrons. The summed E-state index contributed by atoms with van der Waals surface area (Å²) in [5.74, 6) is -0.655. The van der Waals surface area contributed by atoms with E-state index < -0.39 is 11.7 Å². The Kier molecular flexibility index (Phi) is 8.04. The summed E-state index contributed by atoms with van der Waals surface area (Å²) < 4.78 is 35.2. The monoisotopic (exact) mass is 513 g/mol. The highest BCUT2D eigenvalue weighted by atomic mass is 35.5. The average molecular weight is 514 g/mol. The summed E-state index contributed by atoms with van der Waals surface area (Å²) in [4.78, 5) is 19.6. The van der Waals surface area contributed by atoms with E-state index in [1.54, 1.807) is 35.4 Å². The van der Waals surface area contributed by atoms with Crippen LogP contribution in [0.4, 0.5) is 19.3 Å². The minimum Gasteiger partial charge on any atom is -0.443 e. The predicted octanol–water partition coefficient (Wildman–Crippen LogP) is 7.34. The maximum Gasteiger partial charge on any atom is 0.415 e. The van der Waals surface area contributed by atoms with Crippen LogP contribution in [0.15, 0.2) is 60.8 Å². The summed E-state index contributed by atoms with van der Waals surface area (Å²) in [7, 11) is 0. The highest BCUT2D eigenvalue weighted by molar-refractivity contribution is 6.00. The van der Waals surface area contributed by atoms with E-state index in [9.17, 15) is 13.6 Å². The fraction of sp³-hybridized carbons (Fsp3) is 0.286. The zero-order valence-corrected chi connectivity index (χ0v) is 21.8. The van der Waals surface area contributed by atoms with Crippen LogP contribution in [0, 0.1) is 25.5 Å². The molecule has 0 fully saturated rings. The number of pyridine rings is 1. The van der Waals surface area contributed by atoms with Gasteiger partial charge in [0.25, 0.3) is 0 Å². The molecule has 0 spiro atoms. The van der Waals surface area contributed by atoms with E-state index in [2.05, 4.69) is 4.98 Å². The molecule has 4 rings (SSSR count). The molecule has 0 saturated carbocycles. The van der Waals surface area contributed by atoms with Crippen molar-refractivity contribution in [3.63, 3.8) is 0 Å². The topological polar surface area (TPSA) is 47.4 Å². The van der Waals surface area contributed by atoms with Crippen molar-refractivity contribution in [1.29, 1.82) is 0 Å². The van der Waals surface area contributed by atoms with Crippen LogP contribution in [0.3, 0.4) is 0 Å². The Morgan fingerprint density at radius 3 is 2.33 bits per heavy atom. The molecule has 0 aliphatic heterocycles. The zero-order valence-electron chi connectivity index (χ0n) is 21.0. The number of aromatic nitrogens is 2. The van der Waals surface area contributed by atoms with Crippen LogP contribution in [0.5, 0.6) is 0 Å². The molecular formula is C28H30ClF2N3O2. The van der Waals surface area contributed by atoms with Crippen molar-refractivity contribution in [2.75, 3.05) is 4.90 Å². The predicted molar refractivity (Wildman–Crippen MR) is 141 cm³/mol. The van der Waals surface area contributed by atoms with Gasteiger partial charge < -0.3 is 9.30 Å². The van der Waals surface area contributed by atoms with Crippen molar-refractivity contribution >= 4 is 35.2 Å². The number of benzene rings is 2. The molecule has 8 heteroatoms. The number of nitrogens with zero attached hydrogens (tertiary/aromatic N) is 3. The van der Waals surface area contributed by atoms with Crippen LogP contribution >= 0.6 is 12.4 Å². The van der Waals surface area contributed by atoms with Crippen molar-refractivity contribution in [3.05, 3.63) is 94.8 Å². The van der Waals surface area contributed by atoms with Gasteiger partial charge in [0.15, 0.2) is 0 Å². The zero-order chi connectivity index (χ0) is 25.3. The van der Waals surface area contributed by atoms with Gasteiger partial charge >= 0.3 is 6.09 Å². The van der Waals surface area contributed by atoms with E-state index in [4.69, 9.17) is 4.74 Å². The molecule has 2 aromatic heterocycles. The van der Waals surface area contributed by atoms with E-state index in [0.29, 0.717) is 12.2 Å². The Morgan fingerprint density at radius 2 is 1.69 bits per heavy atom. The minimum absolute atomic E-state index is 0. The molecular weight excluding hydrogens is 484 g/mol. The Labute approximate surface area is 216 Å². The van der Waals surface area contributed by atoms with Gasteiger partial charge in [0, 0.05) is 18.4 Å². The molecule has 0 atom stereocenters. The normalized spacial score (nSPS) is 11.3. The third-order valence-corrected chi connectivity index (χ3v) is 5.86. The maximum absolute atomic E-state index is 13.9. The molecule has 5 nitrogen and oxygen atoms in total. The molecule has 0 N–H and O–H groups in total. The third kappa shape index (κ3) is 5.85. The second-order valence-corrected chi connectivity index (χ2v) is 9.65. The smallest absolute Gasteiger partial charge is 0.415 e. The van der Waals surface area contributed by atoms with Crippen molar-refractivity contribution < 1.29 is 18.3 Å². The number of halogens is 3. The fourth-order valence-corrected chi connectivity index (χ4v) is 4.10. The number of ether oxygens (including phenoxy) is 1. The SMILES string of the molecule is Cc1c(C)n(Cc2cccc(F)c2)c2c(N(Cc3ccc(F)cc3)C(=O)OC(C)(C)C)ccnc12.Cl. The quantitative estimate of drug-likeness (QED) is 0.280. The van der Waals surface area contributed by atoms with Gasteiger partial charge in [-0.15, -0.1) is 12.4 Å². The number of carbonyl (C=O) groups is 1. The first-order valence-electron chi connectivity index (χ1n) is 11.5. The van der Waals surface area contributed by atoms with Crippen molar-refractivity contribution in [2.45, 2.75) is 53.3 Å². The molecule has 2 aromatic carbocycles. The minimum atomic E-state index is -0.709. The molecule has 190 valence electrons. The number of anilines is 1. The molecule has 36 heavy (non-hydrogen) atoms. The Morgan fingerprint density at radius 1 is 1.00 bits per heavy atom. The Hall–Kier alpha value is -3.45. The van der Waals surface area contributed by atoms with Gasteiger partial charge in [0.2, 0.25) is 0 Å². The number of hydrogen-bond acceptors (Lipinski definition) is 3. The second-order valence-electron chi connectivity index (χ2n) is 9.65. The number of hydrogen-bond donors (Lipinski definition) is 0. The van der Waals surface area contributed by atoms with Crippen LogP contribution in [0.25, 0.3) is 11.0 Å². The first-order chi connectivity index (χ1) is 16.5. The maximum atomic E-state index is 13.9. The highest BCUT2D eigenvalue weighted by Gasteiger charge is 2.27. The summed E-state index contributed by atoms with van der Waals surface area (Å²) in [6, 6.07) is 14.3. The van der Waals surface area contributed by atoms with Crippen LogP contribution in [0.2, 0.25) is 0 Å². The lowest BCUT2D eigenvalue weighted by molar-refractivity contribution is 0.0578. The van der Waals surface area contributed by atoms with Gasteiger partial charge in [0.1, 0.15) is 17.2 Å². The highest BCUT2D eigenvalue weighted by Crippen LogP contribution is 2.34. The Balaban J connectivity index is 0.00000361. The van der Waals surface area contributed by atoms with Gasteiger partial charge in [-0.3, -0.25) is 9.88 Å². The number of fused-ring (bicyclic) bond motifs is 1. The summed E-state index contributed by atoms with van der Waals surface area (Å²) in [5.41, 5.74) is 4.89. The summed E-state index contributed by atoms with van der Waals surface area (Å²) in [6.45, 7) is 9.98. The number of aryl methyl sites for hydroxylation is 1. The largest absolute Gasteiger partial charge is 0.443 e. The lowest BCUT2D eigenvalue weighted by atomic mass is 10.1. The first kappa shape index (κ1) is 27.1. The third-order valence-electron chi connectivity index (χ3n) is 5.86. The molecule has 0 saturated heterocycles. The number of carbonyl (C=O) groups excluding carboxylic acids is 1. The van der Waals surface area contributed by atoms with Crippen molar-refractivity contribution in [1.82, 2.24) is 9.55 Å². The summed E-state index contributed by atoms with van der Waals surface area (Å²) >= 11 is 0. The second kappa shape index (κ2) is 10.7. The van der Waals surface area contributed by atoms with Crippen LogP contribution in [-0.4, -0.2) is 21.2 Å². The lowest BCUT2D eigenvalue weighted by Crippen LogP contribution is -2.36. The van der Waals surface area contributed by atoms with Crippen molar-refractivity contribution in [2.24, 2.45) is 0 Å². The summed E-state index contributed by atoms with van der Waals surface area (Å²) in [6.07, 6.45) is 1.14. The molecule has 0 unspecified atom stereocenters. The molecule has 0 aliphatic carbocycles. The summed E-state index contributed by atoms with van der Waals surface area (Å²) in [5, 5.41) is 0. The van der Waals surface area contributed by atoms with E-state index in [-0.39, 0.29) is 30.6 Å². The Bertz CT molecular complexity index is 1380. The molecule has 2 heterocycles. The molecule has 0 bridgehead atoms. The van der Waals surface area contributed by atoms with E-state index in [0.717, 1.165) is 33.4 Å². The standard InChI is InChI=1S/C28H29F2N3O2.ClH/c1-18-19(2)32(17-21-7-6-8-23(30)15-21)26-24(13-14-31-25(18)26)33(27(34)35-28(3,4)5)16-20-9-11-22(29)12-10-20;/h6-15H,16-17H2,1-5H3;1H. The lowest BCUT2D eigenvalue weighted by Gasteiger charge is -2.28. The number of amides is 1. The van der Waals surface area contributed by atoms with Gasteiger partial charge in [-0.05, 0) is 81.6 Å². The van der Waals surface area contributed by atoms with Gasteiger partial charge in [0.05, 0.1) is 23.3 Å². The fourth-order valence-electron chi connectivity index (χ4n) is 4.10. The molecule has 1 amide bonds. The van der Waals surface area contributed by atoms with Gasteiger partial charge in [-0.25, -0.2) is 13.6 Å². The van der Waals surface area contributed by atoms with E-state index in [1.807, 2.05) is 45.3 Å².